The summed E-state index contributed by atoms with van der Waals surface area (Å²) in [7, 11) is 3.67. The first-order chi connectivity index (χ1) is 6.94. The molecular weight excluding hydrogens is 190 g/mol. The third-order valence-corrected chi connectivity index (χ3v) is 2.61. The third-order valence-electron chi connectivity index (χ3n) is 2.61. The van der Waals surface area contributed by atoms with Gasteiger partial charge in [0.15, 0.2) is 0 Å². The molecule has 0 spiro atoms. The lowest BCUT2D eigenvalue weighted by molar-refractivity contribution is 0.0185. The van der Waals surface area contributed by atoms with E-state index in [-0.39, 0.29) is 5.60 Å². The normalized spacial score (nSPS) is 11.8. The molecule has 1 aromatic rings. The Hall–Kier alpha value is -1.03. The van der Waals surface area contributed by atoms with Crippen molar-refractivity contribution in [1.29, 1.82) is 0 Å². The van der Waals surface area contributed by atoms with Crippen LogP contribution in [0.2, 0.25) is 0 Å². The molecular formula is C11H21N3O. The van der Waals surface area contributed by atoms with Gasteiger partial charge in [-0.1, -0.05) is 0 Å². The quantitative estimate of drug-likeness (QED) is 0.809. The van der Waals surface area contributed by atoms with Crippen LogP contribution in [-0.2, 0) is 11.8 Å². The molecule has 0 radical (unpaired) electrons. The summed E-state index contributed by atoms with van der Waals surface area (Å²) < 4.78 is 7.17. The van der Waals surface area contributed by atoms with Gasteiger partial charge < -0.3 is 10.1 Å². The van der Waals surface area contributed by atoms with Gasteiger partial charge >= 0.3 is 0 Å². The van der Waals surface area contributed by atoms with E-state index in [0.29, 0.717) is 0 Å². The van der Waals surface area contributed by atoms with Gasteiger partial charge in [0, 0.05) is 26.9 Å². The number of anilines is 1. The molecule has 0 amide bonds. The molecule has 15 heavy (non-hydrogen) atoms. The maximum Gasteiger partial charge on any atom is 0.0824 e. The van der Waals surface area contributed by atoms with Crippen molar-refractivity contribution in [3.63, 3.8) is 0 Å². The highest BCUT2D eigenvalue weighted by atomic mass is 16.5. The Labute approximate surface area is 91.6 Å². The zero-order chi connectivity index (χ0) is 11.5. The summed E-state index contributed by atoms with van der Waals surface area (Å²) in [5, 5.41) is 7.63. The average Bonchev–Trinajstić information content (AvgIpc) is 2.45. The smallest absolute Gasteiger partial charge is 0.0824 e. The third kappa shape index (κ3) is 3.55. The summed E-state index contributed by atoms with van der Waals surface area (Å²) in [6.45, 7) is 7.08. The first-order valence-corrected chi connectivity index (χ1v) is 5.24. The first-order valence-electron chi connectivity index (χ1n) is 5.24. The Morgan fingerprint density at radius 2 is 2.20 bits per heavy atom. The fourth-order valence-electron chi connectivity index (χ4n) is 1.37. The van der Waals surface area contributed by atoms with Crippen LogP contribution in [0.5, 0.6) is 0 Å². The average molecular weight is 211 g/mol. The Balaban J connectivity index is 2.41. The van der Waals surface area contributed by atoms with Gasteiger partial charge in [0.25, 0.3) is 0 Å². The lowest BCUT2D eigenvalue weighted by Crippen LogP contribution is -2.25. The second-order valence-electron chi connectivity index (χ2n) is 4.44. The number of rotatable bonds is 5. The predicted octanol–water partition coefficient (Wildman–Crippen LogP) is 1.96. The van der Waals surface area contributed by atoms with Crippen LogP contribution in [0.1, 0.15) is 26.0 Å². The van der Waals surface area contributed by atoms with Gasteiger partial charge in [-0.25, -0.2) is 0 Å². The molecule has 0 aliphatic heterocycles. The van der Waals surface area contributed by atoms with Crippen LogP contribution >= 0.6 is 0 Å². The van der Waals surface area contributed by atoms with Crippen molar-refractivity contribution >= 4 is 5.69 Å². The summed E-state index contributed by atoms with van der Waals surface area (Å²) in [6, 6.07) is 0. The highest BCUT2D eigenvalue weighted by molar-refractivity contribution is 5.45. The molecule has 0 aromatic carbocycles. The van der Waals surface area contributed by atoms with E-state index in [9.17, 15) is 0 Å². The van der Waals surface area contributed by atoms with Crippen LogP contribution in [0.4, 0.5) is 5.69 Å². The molecule has 1 heterocycles. The van der Waals surface area contributed by atoms with Gasteiger partial charge in [-0.3, -0.25) is 4.68 Å². The van der Waals surface area contributed by atoms with Gasteiger partial charge in [0.05, 0.1) is 17.0 Å². The van der Waals surface area contributed by atoms with Crippen LogP contribution in [-0.4, -0.2) is 29.0 Å². The predicted molar refractivity (Wildman–Crippen MR) is 62.1 cm³/mol. The number of nitrogens with one attached hydrogen (secondary N) is 1. The Kier molecular flexibility index (Phi) is 3.74. The van der Waals surface area contributed by atoms with Gasteiger partial charge in [0.2, 0.25) is 0 Å². The molecule has 1 aromatic heterocycles. The highest BCUT2D eigenvalue weighted by Crippen LogP contribution is 2.15. The minimum absolute atomic E-state index is 0.0664. The summed E-state index contributed by atoms with van der Waals surface area (Å²) in [5.41, 5.74) is 2.07. The zero-order valence-electron chi connectivity index (χ0n) is 10.3. The van der Waals surface area contributed by atoms with Crippen molar-refractivity contribution in [2.45, 2.75) is 32.8 Å². The van der Waals surface area contributed by atoms with Crippen molar-refractivity contribution in [2.24, 2.45) is 7.05 Å². The molecule has 0 aliphatic rings. The maximum atomic E-state index is 5.35. The van der Waals surface area contributed by atoms with E-state index in [4.69, 9.17) is 4.74 Å². The summed E-state index contributed by atoms with van der Waals surface area (Å²) in [4.78, 5) is 0. The number of nitrogens with zero attached hydrogens (tertiary/aromatic N) is 2. The largest absolute Gasteiger partial charge is 0.382 e. The molecule has 4 nitrogen and oxygen atoms in total. The number of hydrogen-bond donors (Lipinski definition) is 1. The molecule has 86 valence electrons. The van der Waals surface area contributed by atoms with Gasteiger partial charge in [-0.05, 0) is 27.2 Å². The zero-order valence-corrected chi connectivity index (χ0v) is 10.3. The number of aryl methyl sites for hydroxylation is 2. The molecule has 0 unspecified atom stereocenters. The summed E-state index contributed by atoms with van der Waals surface area (Å²) >= 11 is 0. The molecule has 1 N–H and O–H groups in total. The van der Waals surface area contributed by atoms with E-state index in [2.05, 4.69) is 24.3 Å². The maximum absolute atomic E-state index is 5.35. The van der Waals surface area contributed by atoms with Crippen LogP contribution < -0.4 is 5.32 Å². The second kappa shape index (κ2) is 4.66. The minimum atomic E-state index is -0.0664. The molecule has 0 saturated carbocycles. The fraction of sp³-hybridized carbons (Fsp3) is 0.727. The molecule has 1 rings (SSSR count). The van der Waals surface area contributed by atoms with E-state index < -0.39 is 0 Å². The van der Waals surface area contributed by atoms with E-state index >= 15 is 0 Å². The van der Waals surface area contributed by atoms with E-state index in [1.54, 1.807) is 7.11 Å². The number of aromatic nitrogens is 2. The SMILES string of the molecule is COC(C)(C)CCNc1cn(C)nc1C. The lowest BCUT2D eigenvalue weighted by Gasteiger charge is -2.22. The molecule has 4 heteroatoms. The first kappa shape index (κ1) is 12.0. The molecule has 0 fully saturated rings. The summed E-state index contributed by atoms with van der Waals surface area (Å²) in [6.07, 6.45) is 2.97. The van der Waals surface area contributed by atoms with Crippen LogP contribution in [0.3, 0.4) is 0 Å². The summed E-state index contributed by atoms with van der Waals surface area (Å²) in [5.74, 6) is 0. The van der Waals surface area contributed by atoms with E-state index in [1.165, 1.54) is 0 Å². The fourth-order valence-corrected chi connectivity index (χ4v) is 1.37. The van der Waals surface area contributed by atoms with Crippen molar-refractivity contribution in [3.05, 3.63) is 11.9 Å². The van der Waals surface area contributed by atoms with Crippen molar-refractivity contribution in [3.8, 4) is 0 Å². The van der Waals surface area contributed by atoms with Gasteiger partial charge in [-0.2, -0.15) is 5.10 Å². The van der Waals surface area contributed by atoms with Crippen molar-refractivity contribution < 1.29 is 4.74 Å². The molecule has 0 aliphatic carbocycles. The second-order valence-corrected chi connectivity index (χ2v) is 4.44. The van der Waals surface area contributed by atoms with Gasteiger partial charge in [-0.15, -0.1) is 0 Å². The van der Waals surface area contributed by atoms with Crippen molar-refractivity contribution in [1.82, 2.24) is 9.78 Å². The lowest BCUT2D eigenvalue weighted by atomic mass is 10.1. The van der Waals surface area contributed by atoms with Crippen LogP contribution in [0, 0.1) is 6.92 Å². The number of hydrogen-bond acceptors (Lipinski definition) is 3. The molecule has 0 atom stereocenters. The Morgan fingerprint density at radius 3 is 2.67 bits per heavy atom. The number of methoxy groups -OCH3 is 1. The van der Waals surface area contributed by atoms with Gasteiger partial charge in [0.1, 0.15) is 0 Å². The van der Waals surface area contributed by atoms with Crippen LogP contribution in [0.25, 0.3) is 0 Å². The van der Waals surface area contributed by atoms with E-state index in [1.807, 2.05) is 24.9 Å². The number of ether oxygens (including phenoxy) is 1. The molecule has 0 bridgehead atoms. The standard InChI is InChI=1S/C11H21N3O/c1-9-10(8-14(4)13-9)12-7-6-11(2,3)15-5/h8,12H,6-7H2,1-5H3. The van der Waals surface area contributed by atoms with E-state index in [0.717, 1.165) is 24.3 Å². The monoisotopic (exact) mass is 211 g/mol. The molecule has 0 saturated heterocycles. The van der Waals surface area contributed by atoms with Crippen molar-refractivity contribution in [2.75, 3.05) is 19.0 Å². The van der Waals surface area contributed by atoms with Crippen LogP contribution in [0.15, 0.2) is 6.20 Å². The topological polar surface area (TPSA) is 39.1 Å². The highest BCUT2D eigenvalue weighted by Gasteiger charge is 2.15. The Bertz CT molecular complexity index is 318. The Morgan fingerprint density at radius 1 is 1.53 bits per heavy atom. The minimum Gasteiger partial charge on any atom is -0.382 e.